The monoisotopic (exact) mass is 346 g/mol. The van der Waals surface area contributed by atoms with Gasteiger partial charge in [-0.15, -0.1) is 0 Å². The Hall–Kier alpha value is -2.25. The molecule has 0 aliphatic heterocycles. The molecule has 0 radical (unpaired) electrons. The molecule has 23 heavy (non-hydrogen) atoms. The molecule has 0 aliphatic carbocycles. The molecule has 0 atom stereocenters. The highest BCUT2D eigenvalue weighted by molar-refractivity contribution is 7.91. The van der Waals surface area contributed by atoms with Gasteiger partial charge in [-0.05, 0) is 24.3 Å². The summed E-state index contributed by atoms with van der Waals surface area (Å²) in [6.07, 6.45) is -0.104. The first kappa shape index (κ1) is 15.6. The molecule has 3 rings (SSSR count). The lowest BCUT2D eigenvalue weighted by Gasteiger charge is -2.04. The van der Waals surface area contributed by atoms with Crippen LogP contribution in [0.1, 0.15) is 6.42 Å². The first-order chi connectivity index (χ1) is 11.0. The minimum absolute atomic E-state index is 0.104. The van der Waals surface area contributed by atoms with E-state index in [2.05, 4.69) is 10.3 Å². The maximum absolute atomic E-state index is 12.1. The quantitative estimate of drug-likeness (QED) is 0.770. The third-order valence-corrected chi connectivity index (χ3v) is 5.92. The average molecular weight is 346 g/mol. The Bertz CT molecular complexity index is 901. The van der Waals surface area contributed by atoms with E-state index in [0.29, 0.717) is 5.13 Å². The number of thiazole rings is 1. The van der Waals surface area contributed by atoms with Crippen LogP contribution in [0.3, 0.4) is 0 Å². The number of para-hydroxylation sites is 1. The van der Waals surface area contributed by atoms with Crippen LogP contribution >= 0.6 is 11.3 Å². The van der Waals surface area contributed by atoms with Crippen molar-refractivity contribution in [1.82, 2.24) is 4.98 Å². The van der Waals surface area contributed by atoms with Crippen LogP contribution < -0.4 is 5.32 Å². The zero-order valence-corrected chi connectivity index (χ0v) is 13.7. The van der Waals surface area contributed by atoms with Gasteiger partial charge in [-0.2, -0.15) is 0 Å². The van der Waals surface area contributed by atoms with Crippen LogP contribution in [-0.4, -0.2) is 25.1 Å². The van der Waals surface area contributed by atoms with Crippen LogP contribution in [-0.2, 0) is 14.6 Å². The van der Waals surface area contributed by atoms with Crippen molar-refractivity contribution in [3.05, 3.63) is 54.6 Å². The van der Waals surface area contributed by atoms with Crippen molar-refractivity contribution >= 4 is 42.4 Å². The van der Waals surface area contributed by atoms with E-state index in [4.69, 9.17) is 0 Å². The molecule has 118 valence electrons. The number of hydrogen-bond donors (Lipinski definition) is 1. The van der Waals surface area contributed by atoms with E-state index < -0.39 is 9.84 Å². The van der Waals surface area contributed by atoms with Gasteiger partial charge in [0.15, 0.2) is 15.0 Å². The number of amides is 1. The molecule has 0 bridgehead atoms. The number of hydrogen-bond acceptors (Lipinski definition) is 5. The van der Waals surface area contributed by atoms with Crippen molar-refractivity contribution < 1.29 is 13.2 Å². The molecular weight excluding hydrogens is 332 g/mol. The number of benzene rings is 2. The van der Waals surface area contributed by atoms with Crippen molar-refractivity contribution in [3.63, 3.8) is 0 Å². The molecule has 3 aromatic rings. The zero-order chi connectivity index (χ0) is 16.3. The molecule has 0 aliphatic rings. The average Bonchev–Trinajstić information content (AvgIpc) is 2.96. The summed E-state index contributed by atoms with van der Waals surface area (Å²) in [6, 6.07) is 15.7. The number of nitrogens with one attached hydrogen (secondary N) is 1. The van der Waals surface area contributed by atoms with Gasteiger partial charge in [-0.25, -0.2) is 13.4 Å². The largest absolute Gasteiger partial charge is 0.302 e. The number of carbonyl (C=O) groups excluding carboxylic acids is 1. The normalized spacial score (nSPS) is 11.5. The maximum atomic E-state index is 12.1. The fourth-order valence-electron chi connectivity index (χ4n) is 2.08. The molecule has 0 saturated carbocycles. The van der Waals surface area contributed by atoms with Gasteiger partial charge in [0.25, 0.3) is 0 Å². The van der Waals surface area contributed by atoms with Crippen molar-refractivity contribution in [2.45, 2.75) is 11.3 Å². The van der Waals surface area contributed by atoms with Gasteiger partial charge in [0.2, 0.25) is 5.91 Å². The lowest BCUT2D eigenvalue weighted by molar-refractivity contribution is -0.115. The summed E-state index contributed by atoms with van der Waals surface area (Å²) in [4.78, 5) is 16.5. The summed E-state index contributed by atoms with van der Waals surface area (Å²) in [5, 5.41) is 3.14. The number of aromatic nitrogens is 1. The third-order valence-electron chi connectivity index (χ3n) is 3.24. The Labute approximate surface area is 137 Å². The minimum Gasteiger partial charge on any atom is -0.302 e. The van der Waals surface area contributed by atoms with E-state index >= 15 is 0 Å². The summed E-state index contributed by atoms with van der Waals surface area (Å²) in [7, 11) is -3.45. The minimum atomic E-state index is -3.45. The number of rotatable bonds is 5. The Balaban J connectivity index is 1.63. The molecule has 1 heterocycles. The predicted octanol–water partition coefficient (Wildman–Crippen LogP) is 3.10. The Morgan fingerprint density at radius 3 is 2.48 bits per heavy atom. The van der Waals surface area contributed by atoms with Gasteiger partial charge in [0.1, 0.15) is 0 Å². The third kappa shape index (κ3) is 3.75. The molecule has 0 unspecified atom stereocenters. The highest BCUT2D eigenvalue weighted by Gasteiger charge is 2.16. The first-order valence-electron chi connectivity index (χ1n) is 6.98. The number of sulfone groups is 1. The van der Waals surface area contributed by atoms with Crippen LogP contribution in [0.4, 0.5) is 5.13 Å². The molecule has 0 spiro atoms. The first-order valence-corrected chi connectivity index (χ1v) is 9.45. The standard InChI is InChI=1S/C16H14N2O3S2/c19-15(10-11-23(20,21)12-6-2-1-3-7-12)18-16-17-13-8-4-5-9-14(13)22-16/h1-9H,10-11H2,(H,17,18,19). The Morgan fingerprint density at radius 1 is 1.04 bits per heavy atom. The highest BCUT2D eigenvalue weighted by Crippen LogP contribution is 2.25. The van der Waals surface area contributed by atoms with E-state index in [9.17, 15) is 13.2 Å². The fourth-order valence-corrected chi connectivity index (χ4v) is 4.22. The van der Waals surface area contributed by atoms with E-state index in [1.165, 1.54) is 23.5 Å². The summed E-state index contributed by atoms with van der Waals surface area (Å²) >= 11 is 1.36. The van der Waals surface area contributed by atoms with Gasteiger partial charge in [-0.1, -0.05) is 41.7 Å². The highest BCUT2D eigenvalue weighted by atomic mass is 32.2. The lowest BCUT2D eigenvalue weighted by Crippen LogP contribution is -2.17. The van der Waals surface area contributed by atoms with Crippen LogP contribution in [0.15, 0.2) is 59.5 Å². The van der Waals surface area contributed by atoms with Gasteiger partial charge in [0, 0.05) is 6.42 Å². The molecule has 2 aromatic carbocycles. The van der Waals surface area contributed by atoms with Crippen molar-refractivity contribution in [2.24, 2.45) is 0 Å². The van der Waals surface area contributed by atoms with E-state index in [-0.39, 0.29) is 23.0 Å². The molecule has 1 aromatic heterocycles. The van der Waals surface area contributed by atoms with Gasteiger partial charge >= 0.3 is 0 Å². The van der Waals surface area contributed by atoms with Gasteiger partial charge in [0.05, 0.1) is 20.9 Å². The molecule has 1 amide bonds. The SMILES string of the molecule is O=C(CCS(=O)(=O)c1ccccc1)Nc1nc2ccccc2s1. The smallest absolute Gasteiger partial charge is 0.227 e. The number of nitrogens with zero attached hydrogens (tertiary/aromatic N) is 1. The van der Waals surface area contributed by atoms with Crippen LogP contribution in [0.5, 0.6) is 0 Å². The lowest BCUT2D eigenvalue weighted by atomic mass is 10.3. The molecule has 0 fully saturated rings. The molecule has 1 N–H and O–H groups in total. The van der Waals surface area contributed by atoms with Crippen LogP contribution in [0, 0.1) is 0 Å². The molecular formula is C16H14N2O3S2. The van der Waals surface area contributed by atoms with E-state index in [1.54, 1.807) is 18.2 Å². The predicted molar refractivity (Wildman–Crippen MR) is 91.4 cm³/mol. The van der Waals surface area contributed by atoms with E-state index in [0.717, 1.165) is 10.2 Å². The summed E-state index contributed by atoms with van der Waals surface area (Å²) in [5.74, 6) is -0.586. The van der Waals surface area contributed by atoms with Crippen molar-refractivity contribution in [1.29, 1.82) is 0 Å². The fraction of sp³-hybridized carbons (Fsp3) is 0.125. The summed E-state index contributed by atoms with van der Waals surface area (Å²) in [6.45, 7) is 0. The summed E-state index contributed by atoms with van der Waals surface area (Å²) in [5.41, 5.74) is 0.810. The van der Waals surface area contributed by atoms with Crippen molar-refractivity contribution in [2.75, 3.05) is 11.1 Å². The Kier molecular flexibility index (Phi) is 4.40. The van der Waals surface area contributed by atoms with Gasteiger partial charge < -0.3 is 5.32 Å². The zero-order valence-electron chi connectivity index (χ0n) is 12.1. The second-order valence-electron chi connectivity index (χ2n) is 4.92. The van der Waals surface area contributed by atoms with Crippen molar-refractivity contribution in [3.8, 4) is 0 Å². The maximum Gasteiger partial charge on any atom is 0.227 e. The molecule has 0 saturated heterocycles. The van der Waals surface area contributed by atoms with E-state index in [1.807, 2.05) is 24.3 Å². The number of anilines is 1. The molecule has 5 nitrogen and oxygen atoms in total. The number of fused-ring (bicyclic) bond motifs is 1. The molecule has 7 heteroatoms. The number of carbonyl (C=O) groups is 1. The topological polar surface area (TPSA) is 76.1 Å². The second kappa shape index (κ2) is 6.47. The summed E-state index contributed by atoms with van der Waals surface area (Å²) < 4.78 is 25.2. The van der Waals surface area contributed by atoms with Crippen LogP contribution in [0.25, 0.3) is 10.2 Å². The van der Waals surface area contributed by atoms with Crippen LogP contribution in [0.2, 0.25) is 0 Å². The second-order valence-corrected chi connectivity index (χ2v) is 8.06. The van der Waals surface area contributed by atoms with Gasteiger partial charge in [-0.3, -0.25) is 4.79 Å². The Morgan fingerprint density at radius 2 is 1.74 bits per heavy atom.